The summed E-state index contributed by atoms with van der Waals surface area (Å²) in [5.41, 5.74) is 0.885. The molecule has 0 radical (unpaired) electrons. The molecule has 0 atom stereocenters. The molecule has 1 aromatic carbocycles. The van der Waals surface area contributed by atoms with Crippen LogP contribution in [-0.4, -0.2) is 26.4 Å². The molecule has 3 aromatic rings. The number of hydrogen-bond acceptors (Lipinski definition) is 7. The zero-order valence-electron chi connectivity index (χ0n) is 10.9. The minimum absolute atomic E-state index is 0.119. The fourth-order valence-electron chi connectivity index (χ4n) is 1.81. The summed E-state index contributed by atoms with van der Waals surface area (Å²) in [6, 6.07) is 7.99. The Balaban J connectivity index is 1.59. The Morgan fingerprint density at radius 3 is 2.71 bits per heavy atom. The monoisotopic (exact) mass is 301 g/mol. The third-order valence-corrected chi connectivity index (χ3v) is 3.91. The maximum absolute atomic E-state index is 10.5. The fraction of sp³-hybridized carbons (Fsp3) is 0.154. The van der Waals surface area contributed by atoms with Crippen molar-refractivity contribution in [3.8, 4) is 0 Å². The van der Waals surface area contributed by atoms with E-state index in [4.69, 9.17) is 0 Å². The van der Waals surface area contributed by atoms with Crippen molar-refractivity contribution in [2.45, 2.75) is 6.42 Å². The fourth-order valence-corrected chi connectivity index (χ4v) is 2.78. The molecule has 0 saturated carbocycles. The highest BCUT2D eigenvalue weighted by atomic mass is 32.1. The molecular formula is C13H11N5O2S. The van der Waals surface area contributed by atoms with Crippen LogP contribution in [0.1, 0.15) is 5.01 Å². The van der Waals surface area contributed by atoms with Gasteiger partial charge in [0.05, 0.1) is 20.1 Å². The summed E-state index contributed by atoms with van der Waals surface area (Å²) >= 11 is 1.66. The van der Waals surface area contributed by atoms with Crippen LogP contribution in [0.3, 0.4) is 0 Å². The van der Waals surface area contributed by atoms with Gasteiger partial charge in [-0.3, -0.25) is 10.1 Å². The molecule has 0 aliphatic heterocycles. The topological polar surface area (TPSA) is 93.8 Å². The second-order valence-electron chi connectivity index (χ2n) is 4.27. The van der Waals surface area contributed by atoms with E-state index in [0.717, 1.165) is 16.9 Å². The first-order valence-electron chi connectivity index (χ1n) is 6.27. The zero-order valence-corrected chi connectivity index (χ0v) is 11.7. The molecule has 7 nitrogen and oxygen atoms in total. The van der Waals surface area contributed by atoms with E-state index in [1.807, 2.05) is 24.3 Å². The largest absolute Gasteiger partial charge is 0.354 e. The van der Waals surface area contributed by atoms with Crippen LogP contribution in [0.25, 0.3) is 10.2 Å². The van der Waals surface area contributed by atoms with E-state index in [2.05, 4.69) is 20.3 Å². The third-order valence-electron chi connectivity index (χ3n) is 2.81. The van der Waals surface area contributed by atoms with E-state index in [-0.39, 0.29) is 5.69 Å². The van der Waals surface area contributed by atoms with Gasteiger partial charge in [-0.25, -0.2) is 15.0 Å². The van der Waals surface area contributed by atoms with Gasteiger partial charge in [-0.05, 0) is 12.1 Å². The lowest BCUT2D eigenvalue weighted by atomic mass is 10.3. The maximum atomic E-state index is 10.5. The highest BCUT2D eigenvalue weighted by molar-refractivity contribution is 7.18. The summed E-state index contributed by atoms with van der Waals surface area (Å²) < 4.78 is 1.17. The number of para-hydroxylation sites is 1. The molecule has 1 N–H and O–H groups in total. The van der Waals surface area contributed by atoms with E-state index in [1.165, 1.54) is 17.1 Å². The summed E-state index contributed by atoms with van der Waals surface area (Å²) in [5, 5.41) is 14.6. The van der Waals surface area contributed by atoms with Crippen molar-refractivity contribution in [1.82, 2.24) is 15.0 Å². The molecule has 0 aliphatic carbocycles. The minimum atomic E-state index is -0.523. The standard InChI is InChI=1S/C13H11N5O2S/c19-18(20)9-7-15-13(16-8-9)14-6-5-12-17-10-3-1-2-4-11(10)21-12/h1-4,7-8H,5-6H2,(H,14,15,16). The van der Waals surface area contributed by atoms with Gasteiger partial charge in [-0.15, -0.1) is 11.3 Å². The van der Waals surface area contributed by atoms with Crippen LogP contribution in [0.5, 0.6) is 0 Å². The lowest BCUT2D eigenvalue weighted by molar-refractivity contribution is -0.385. The number of benzene rings is 1. The number of rotatable bonds is 5. The molecule has 0 bridgehead atoms. The SMILES string of the molecule is O=[N+]([O-])c1cnc(NCCc2nc3ccccc3s2)nc1. The Labute approximate surface area is 123 Å². The lowest BCUT2D eigenvalue weighted by Crippen LogP contribution is -2.07. The number of aromatic nitrogens is 3. The van der Waals surface area contributed by atoms with Gasteiger partial charge in [0, 0.05) is 13.0 Å². The van der Waals surface area contributed by atoms with Crippen molar-refractivity contribution in [2.75, 3.05) is 11.9 Å². The predicted octanol–water partition coefficient (Wildman–Crippen LogP) is 2.65. The van der Waals surface area contributed by atoms with Gasteiger partial charge in [0.15, 0.2) is 0 Å². The summed E-state index contributed by atoms with van der Waals surface area (Å²) in [6.07, 6.45) is 3.12. The second kappa shape index (κ2) is 5.80. The first kappa shape index (κ1) is 13.4. The summed E-state index contributed by atoms with van der Waals surface area (Å²) in [4.78, 5) is 22.3. The van der Waals surface area contributed by atoms with Crippen LogP contribution in [-0.2, 0) is 6.42 Å². The minimum Gasteiger partial charge on any atom is -0.354 e. The molecule has 0 aliphatic rings. The van der Waals surface area contributed by atoms with E-state index >= 15 is 0 Å². The van der Waals surface area contributed by atoms with E-state index < -0.39 is 4.92 Å². The first-order valence-corrected chi connectivity index (χ1v) is 7.09. The smallest absolute Gasteiger partial charge is 0.305 e. The number of hydrogen-bond donors (Lipinski definition) is 1. The lowest BCUT2D eigenvalue weighted by Gasteiger charge is -2.01. The first-order chi connectivity index (χ1) is 10.2. The number of thiazole rings is 1. The van der Waals surface area contributed by atoms with Gasteiger partial charge < -0.3 is 5.32 Å². The molecular weight excluding hydrogens is 290 g/mol. The molecule has 2 heterocycles. The Morgan fingerprint density at radius 1 is 1.24 bits per heavy atom. The molecule has 106 valence electrons. The van der Waals surface area contributed by atoms with Gasteiger partial charge in [0.25, 0.3) is 0 Å². The molecule has 0 spiro atoms. The highest BCUT2D eigenvalue weighted by Gasteiger charge is 2.07. The van der Waals surface area contributed by atoms with Crippen molar-refractivity contribution >= 4 is 33.2 Å². The maximum Gasteiger partial charge on any atom is 0.305 e. The van der Waals surface area contributed by atoms with Crippen molar-refractivity contribution in [3.05, 3.63) is 51.8 Å². The van der Waals surface area contributed by atoms with Crippen molar-refractivity contribution < 1.29 is 4.92 Å². The third kappa shape index (κ3) is 3.11. The van der Waals surface area contributed by atoms with Crippen LogP contribution in [0.15, 0.2) is 36.7 Å². The number of fused-ring (bicyclic) bond motifs is 1. The molecule has 8 heteroatoms. The molecule has 2 aromatic heterocycles. The van der Waals surface area contributed by atoms with E-state index in [1.54, 1.807) is 11.3 Å². The summed E-state index contributed by atoms with van der Waals surface area (Å²) in [7, 11) is 0. The Bertz CT molecular complexity index is 739. The van der Waals surface area contributed by atoms with Crippen LogP contribution < -0.4 is 5.32 Å². The molecule has 3 rings (SSSR count). The van der Waals surface area contributed by atoms with Crippen LogP contribution >= 0.6 is 11.3 Å². The van der Waals surface area contributed by atoms with Gasteiger partial charge in [0.2, 0.25) is 5.95 Å². The Hall–Kier alpha value is -2.61. The van der Waals surface area contributed by atoms with Crippen molar-refractivity contribution in [3.63, 3.8) is 0 Å². The van der Waals surface area contributed by atoms with E-state index in [0.29, 0.717) is 12.5 Å². The average Bonchev–Trinajstić information content (AvgIpc) is 2.90. The normalized spacial score (nSPS) is 10.7. The Morgan fingerprint density at radius 2 is 2.00 bits per heavy atom. The Kier molecular flexibility index (Phi) is 3.69. The molecule has 0 saturated heterocycles. The predicted molar refractivity (Wildman–Crippen MR) is 80.5 cm³/mol. The number of nitrogens with one attached hydrogen (secondary N) is 1. The van der Waals surface area contributed by atoms with Crippen LogP contribution in [0, 0.1) is 10.1 Å². The molecule has 21 heavy (non-hydrogen) atoms. The average molecular weight is 301 g/mol. The van der Waals surface area contributed by atoms with Gasteiger partial charge in [-0.2, -0.15) is 0 Å². The quantitative estimate of drug-likeness (QED) is 0.575. The summed E-state index contributed by atoms with van der Waals surface area (Å²) in [5.74, 6) is 0.377. The molecule has 0 amide bonds. The van der Waals surface area contributed by atoms with Crippen molar-refractivity contribution in [1.29, 1.82) is 0 Å². The molecule has 0 unspecified atom stereocenters. The number of nitrogens with zero attached hydrogens (tertiary/aromatic N) is 4. The van der Waals surface area contributed by atoms with Crippen LogP contribution in [0.2, 0.25) is 0 Å². The molecule has 0 fully saturated rings. The van der Waals surface area contributed by atoms with Gasteiger partial charge in [-0.1, -0.05) is 12.1 Å². The zero-order chi connectivity index (χ0) is 14.7. The second-order valence-corrected chi connectivity index (χ2v) is 5.39. The summed E-state index contributed by atoms with van der Waals surface area (Å²) in [6.45, 7) is 0.623. The highest BCUT2D eigenvalue weighted by Crippen LogP contribution is 2.21. The van der Waals surface area contributed by atoms with Crippen molar-refractivity contribution in [2.24, 2.45) is 0 Å². The number of anilines is 1. The van der Waals surface area contributed by atoms with Gasteiger partial charge >= 0.3 is 5.69 Å². The van der Waals surface area contributed by atoms with E-state index in [9.17, 15) is 10.1 Å². The van der Waals surface area contributed by atoms with Crippen LogP contribution in [0.4, 0.5) is 11.6 Å². The number of nitro groups is 1. The van der Waals surface area contributed by atoms with Gasteiger partial charge in [0.1, 0.15) is 12.4 Å².